The monoisotopic (exact) mass is 330 g/mol. The van der Waals surface area contributed by atoms with Crippen molar-refractivity contribution in [2.24, 2.45) is 10.8 Å². The number of aliphatic hydroxyl groups is 1. The van der Waals surface area contributed by atoms with Gasteiger partial charge in [0.05, 0.1) is 13.2 Å². The van der Waals surface area contributed by atoms with Crippen molar-refractivity contribution < 1.29 is 18.1 Å². The van der Waals surface area contributed by atoms with Gasteiger partial charge in [0.1, 0.15) is 6.54 Å². The molecule has 2 rings (SSSR count). The number of nitrogens with two attached hydrogens (primary N) is 1. The molecule has 22 heavy (non-hydrogen) atoms. The van der Waals surface area contributed by atoms with Gasteiger partial charge in [-0.25, -0.2) is 10.4 Å². The first-order valence-electron chi connectivity index (χ1n) is 6.69. The summed E-state index contributed by atoms with van der Waals surface area (Å²) >= 11 is 0. The van der Waals surface area contributed by atoms with Crippen LogP contribution in [0.1, 0.15) is 5.56 Å². The van der Waals surface area contributed by atoms with Crippen LogP contribution >= 0.6 is 0 Å². The summed E-state index contributed by atoms with van der Waals surface area (Å²) in [6.07, 6.45) is 0. The quantitative estimate of drug-likeness (QED) is 0.152. The number of hydrazine groups is 1. The Kier molecular flexibility index (Phi) is 4.80. The minimum atomic E-state index is -4.41. The summed E-state index contributed by atoms with van der Waals surface area (Å²) < 4.78 is 32.3. The molecular formula is C12H20N5O4S+. The van der Waals surface area contributed by atoms with Crippen molar-refractivity contribution >= 4 is 21.8 Å². The SMILES string of the molecule is Cc1ccc(S(=O)(=O)O)c([N+]2(N)CCN=C2NNCCO)c1. The van der Waals surface area contributed by atoms with Gasteiger partial charge < -0.3 is 5.11 Å². The van der Waals surface area contributed by atoms with E-state index in [1.165, 1.54) is 6.07 Å². The third-order valence-corrected chi connectivity index (χ3v) is 4.25. The van der Waals surface area contributed by atoms with Gasteiger partial charge in [0.2, 0.25) is 0 Å². The fourth-order valence-electron chi connectivity index (χ4n) is 2.27. The molecule has 0 aromatic heterocycles. The van der Waals surface area contributed by atoms with Gasteiger partial charge >= 0.3 is 16.1 Å². The fraction of sp³-hybridized carbons (Fsp3) is 0.417. The lowest BCUT2D eigenvalue weighted by molar-refractivity contribution is 0.287. The Bertz CT molecular complexity index is 691. The van der Waals surface area contributed by atoms with Gasteiger partial charge in [0, 0.05) is 12.6 Å². The molecule has 1 unspecified atom stereocenters. The van der Waals surface area contributed by atoms with Crippen LogP contribution in [0.2, 0.25) is 0 Å². The van der Waals surface area contributed by atoms with Crippen LogP contribution in [-0.2, 0) is 10.1 Å². The molecule has 1 aliphatic rings. The van der Waals surface area contributed by atoms with Crippen LogP contribution in [0.5, 0.6) is 0 Å². The van der Waals surface area contributed by atoms with Crippen molar-refractivity contribution in [1.29, 1.82) is 0 Å². The largest absolute Gasteiger partial charge is 0.395 e. The molecule has 0 saturated carbocycles. The van der Waals surface area contributed by atoms with E-state index in [1.54, 1.807) is 19.1 Å². The van der Waals surface area contributed by atoms with Gasteiger partial charge in [-0.15, -0.1) is 4.59 Å². The van der Waals surface area contributed by atoms with Crippen LogP contribution in [0.25, 0.3) is 0 Å². The first kappa shape index (κ1) is 16.8. The standard InChI is InChI=1S/C12H19N5O4S/c1-9-2-3-11(22(19,20)21)10(8-9)17(13)6-4-14-12(17)16-15-5-7-18/h2-3,8,15,18H,4-7,13H2,1H3,(H-,14,16,19,20,21)/p+1. The number of aryl methyl sites for hydroxylation is 1. The van der Waals surface area contributed by atoms with Crippen LogP contribution in [0.4, 0.5) is 5.69 Å². The molecule has 122 valence electrons. The second kappa shape index (κ2) is 6.28. The van der Waals surface area contributed by atoms with Gasteiger partial charge in [-0.1, -0.05) is 6.07 Å². The van der Waals surface area contributed by atoms with Crippen LogP contribution in [-0.4, -0.2) is 50.3 Å². The van der Waals surface area contributed by atoms with Gasteiger partial charge in [-0.05, 0) is 18.6 Å². The summed E-state index contributed by atoms with van der Waals surface area (Å²) in [7, 11) is -4.41. The molecular weight excluding hydrogens is 310 g/mol. The highest BCUT2D eigenvalue weighted by Crippen LogP contribution is 2.31. The molecule has 0 saturated heterocycles. The number of rotatable bonds is 5. The van der Waals surface area contributed by atoms with Gasteiger partial charge in [0.25, 0.3) is 0 Å². The third-order valence-electron chi connectivity index (χ3n) is 3.35. The summed E-state index contributed by atoms with van der Waals surface area (Å²) in [4.78, 5) is 3.97. The number of nitrogens with one attached hydrogen (secondary N) is 2. The molecule has 0 amide bonds. The first-order chi connectivity index (χ1) is 10.3. The number of aliphatic imine (C=N–C) groups is 1. The smallest absolute Gasteiger partial charge is 0.337 e. The maximum Gasteiger partial charge on any atom is 0.337 e. The minimum Gasteiger partial charge on any atom is -0.395 e. The zero-order valence-corrected chi connectivity index (χ0v) is 13.0. The molecule has 1 heterocycles. The molecule has 1 aromatic carbocycles. The lowest BCUT2D eigenvalue weighted by Gasteiger charge is -2.29. The van der Waals surface area contributed by atoms with Crippen LogP contribution in [0.15, 0.2) is 28.1 Å². The van der Waals surface area contributed by atoms with E-state index in [4.69, 9.17) is 10.9 Å². The van der Waals surface area contributed by atoms with Crippen LogP contribution in [0, 0.1) is 6.92 Å². The van der Waals surface area contributed by atoms with E-state index < -0.39 is 10.1 Å². The van der Waals surface area contributed by atoms with Gasteiger partial charge in [-0.2, -0.15) is 14.3 Å². The van der Waals surface area contributed by atoms with Crippen molar-refractivity contribution in [3.05, 3.63) is 23.8 Å². The Morgan fingerprint density at radius 1 is 1.45 bits per heavy atom. The number of aliphatic hydroxyl groups excluding tert-OH is 1. The van der Waals surface area contributed by atoms with E-state index in [2.05, 4.69) is 15.8 Å². The predicted octanol–water partition coefficient (Wildman–Crippen LogP) is -1.12. The lowest BCUT2D eigenvalue weighted by atomic mass is 10.2. The highest BCUT2D eigenvalue weighted by atomic mass is 32.2. The Labute approximate surface area is 128 Å². The maximum absolute atomic E-state index is 11.6. The molecule has 9 nitrogen and oxygen atoms in total. The predicted molar refractivity (Wildman–Crippen MR) is 82.4 cm³/mol. The number of hydrogen-bond donors (Lipinski definition) is 5. The molecule has 6 N–H and O–H groups in total. The molecule has 0 fully saturated rings. The molecule has 0 radical (unpaired) electrons. The van der Waals surface area contributed by atoms with E-state index >= 15 is 0 Å². The van der Waals surface area contributed by atoms with Crippen molar-refractivity contribution in [1.82, 2.24) is 15.4 Å². The van der Waals surface area contributed by atoms with Gasteiger partial charge in [0.15, 0.2) is 10.6 Å². The topological polar surface area (TPSA) is 137 Å². The summed E-state index contributed by atoms with van der Waals surface area (Å²) in [5.74, 6) is 6.65. The molecule has 10 heteroatoms. The van der Waals surface area contributed by atoms with Crippen LogP contribution in [0.3, 0.4) is 0 Å². The zero-order chi connectivity index (χ0) is 16.4. The number of benzene rings is 1. The van der Waals surface area contributed by atoms with E-state index in [0.29, 0.717) is 19.0 Å². The van der Waals surface area contributed by atoms with Crippen molar-refractivity contribution in [3.63, 3.8) is 0 Å². The number of hydrogen-bond acceptors (Lipinski definition) is 7. The zero-order valence-electron chi connectivity index (χ0n) is 12.2. The summed E-state index contributed by atoms with van der Waals surface area (Å²) in [6, 6.07) is 4.52. The van der Waals surface area contributed by atoms with E-state index in [0.717, 1.165) is 5.56 Å². The number of nitrogens with zero attached hydrogens (tertiary/aromatic N) is 2. The second-order valence-corrected chi connectivity index (χ2v) is 6.41. The Hall–Kier alpha value is -1.56. The Balaban J connectivity index is 2.45. The molecule has 1 aromatic rings. The van der Waals surface area contributed by atoms with E-state index in [9.17, 15) is 13.0 Å². The number of quaternary nitrogens is 1. The molecule has 1 aliphatic heterocycles. The normalized spacial score (nSPS) is 21.7. The number of guanidine groups is 1. The third kappa shape index (κ3) is 3.27. The average molecular weight is 330 g/mol. The minimum absolute atomic E-state index is 0.0778. The first-order valence-corrected chi connectivity index (χ1v) is 8.13. The maximum atomic E-state index is 11.6. The van der Waals surface area contributed by atoms with Crippen LogP contribution < -0.4 is 21.3 Å². The van der Waals surface area contributed by atoms with Crippen molar-refractivity contribution in [2.75, 3.05) is 26.2 Å². The highest BCUT2D eigenvalue weighted by Gasteiger charge is 2.42. The van der Waals surface area contributed by atoms with E-state index in [1.807, 2.05) is 0 Å². The molecule has 0 spiro atoms. The lowest BCUT2D eigenvalue weighted by Crippen LogP contribution is -2.65. The van der Waals surface area contributed by atoms with Crippen molar-refractivity contribution in [3.8, 4) is 0 Å². The van der Waals surface area contributed by atoms with Crippen molar-refractivity contribution in [2.45, 2.75) is 11.8 Å². The highest BCUT2D eigenvalue weighted by molar-refractivity contribution is 7.86. The summed E-state index contributed by atoms with van der Waals surface area (Å²) in [5.41, 5.74) is 6.56. The summed E-state index contributed by atoms with van der Waals surface area (Å²) in [6.45, 7) is 2.74. The Morgan fingerprint density at radius 2 is 2.18 bits per heavy atom. The average Bonchev–Trinajstić information content (AvgIpc) is 2.80. The Morgan fingerprint density at radius 3 is 2.82 bits per heavy atom. The second-order valence-electron chi connectivity index (χ2n) is 5.02. The fourth-order valence-corrected chi connectivity index (χ4v) is 3.00. The molecule has 1 atom stereocenters. The summed E-state index contributed by atoms with van der Waals surface area (Å²) in [5, 5.41) is 8.78. The molecule has 0 bridgehead atoms. The van der Waals surface area contributed by atoms with Gasteiger partial charge in [-0.3, -0.25) is 9.98 Å². The molecule has 0 aliphatic carbocycles. The van der Waals surface area contributed by atoms with E-state index in [-0.39, 0.29) is 28.3 Å².